The topological polar surface area (TPSA) is 185 Å². The zero-order valence-electron chi connectivity index (χ0n) is 35.3. The molecule has 6 aromatic rings. The number of benzene rings is 3. The standard InChI is InChI=1S/C47H47ClN8O7S/c1-47(2)14-12-39(30-6-8-33(48)9-7-30)32(26-47)28-54-17-19-55(20-18-54)36-10-11-40(42(23-36)63-37-21-31-13-16-50-45(31)51-27-37)46(57)53-64(60,61)38-24-41(56(58)59)44-43(25-38)62-29-35(52-44)22-34-5-3-4-15-49-34/h3-11,13,15-16,21,23-25,27,35,52H,12,14,17-20,22,26,28-29H2,1-2H3,(H,50,51)(H,53,57). The van der Waals surface area contributed by atoms with Crippen LogP contribution in [0.15, 0.2) is 114 Å². The molecule has 17 heteroatoms. The number of ether oxygens (including phenoxy) is 2. The van der Waals surface area contributed by atoms with E-state index < -0.39 is 31.4 Å². The molecule has 1 atom stereocenters. The highest BCUT2D eigenvalue weighted by Gasteiger charge is 2.33. The van der Waals surface area contributed by atoms with Crippen LogP contribution in [0.5, 0.6) is 17.2 Å². The van der Waals surface area contributed by atoms with Gasteiger partial charge in [0, 0.05) is 91.5 Å². The zero-order chi connectivity index (χ0) is 44.6. The van der Waals surface area contributed by atoms with Gasteiger partial charge < -0.3 is 24.7 Å². The fourth-order valence-electron chi connectivity index (χ4n) is 8.77. The second kappa shape index (κ2) is 17.6. The average Bonchev–Trinajstić information content (AvgIpc) is 3.75. The van der Waals surface area contributed by atoms with E-state index in [4.69, 9.17) is 21.1 Å². The Morgan fingerprint density at radius 1 is 1.03 bits per heavy atom. The number of allylic oxidation sites excluding steroid dienone is 1. The van der Waals surface area contributed by atoms with Crippen LogP contribution in [-0.4, -0.2) is 84.5 Å². The number of H-pyrrole nitrogens is 1. The molecule has 15 nitrogen and oxygen atoms in total. The number of hydrogen-bond donors (Lipinski definition) is 3. The third kappa shape index (κ3) is 9.39. The number of aromatic nitrogens is 3. The van der Waals surface area contributed by atoms with Crippen molar-refractivity contribution in [3.05, 3.63) is 141 Å². The number of fused-ring (bicyclic) bond motifs is 2. The third-order valence-electron chi connectivity index (χ3n) is 12.1. The maximum Gasteiger partial charge on any atom is 0.297 e. The van der Waals surface area contributed by atoms with Crippen LogP contribution < -0.4 is 24.4 Å². The Morgan fingerprint density at radius 3 is 2.61 bits per heavy atom. The molecule has 64 heavy (non-hydrogen) atoms. The first-order chi connectivity index (χ1) is 30.8. The molecule has 3 N–H and O–H groups in total. The van der Waals surface area contributed by atoms with Crippen molar-refractivity contribution in [2.45, 2.75) is 50.5 Å². The SMILES string of the molecule is CC1(C)CCC(c2ccc(Cl)cc2)=C(CN2CCN(c3ccc(C(=O)NS(=O)(=O)c4cc5c(c([N+](=O)[O-])c4)NC(Cc4ccccn4)CO5)c(Oc4cnc5[nH]ccc5c4)c3)CC2)C1. The molecule has 5 heterocycles. The minimum atomic E-state index is -4.67. The van der Waals surface area contributed by atoms with Crippen LogP contribution >= 0.6 is 11.6 Å². The minimum Gasteiger partial charge on any atom is -0.489 e. The number of nitro benzene ring substituents is 1. The number of nitro groups is 1. The molecule has 1 aliphatic carbocycles. The average molecular weight is 903 g/mol. The van der Waals surface area contributed by atoms with E-state index in [2.05, 4.69) is 60.8 Å². The van der Waals surface area contributed by atoms with Crippen molar-refractivity contribution in [2.24, 2.45) is 5.41 Å². The quantitative estimate of drug-likeness (QED) is 0.0786. The number of aromatic amines is 1. The summed E-state index contributed by atoms with van der Waals surface area (Å²) in [5.74, 6) is -0.573. The maximum absolute atomic E-state index is 14.0. The number of nitrogens with one attached hydrogen (secondary N) is 3. The van der Waals surface area contributed by atoms with Gasteiger partial charge in [-0.3, -0.25) is 24.8 Å². The molecule has 3 aliphatic rings. The van der Waals surface area contributed by atoms with E-state index in [9.17, 15) is 23.3 Å². The van der Waals surface area contributed by atoms with Crippen LogP contribution in [0, 0.1) is 15.5 Å². The molecule has 2 aliphatic heterocycles. The Labute approximate surface area is 375 Å². The lowest BCUT2D eigenvalue weighted by Gasteiger charge is -2.39. The summed E-state index contributed by atoms with van der Waals surface area (Å²) in [5.41, 5.74) is 5.97. The largest absolute Gasteiger partial charge is 0.489 e. The summed E-state index contributed by atoms with van der Waals surface area (Å²) in [6.07, 6.45) is 8.52. The lowest BCUT2D eigenvalue weighted by Crippen LogP contribution is -2.47. The predicted molar refractivity (Wildman–Crippen MR) is 246 cm³/mol. The summed E-state index contributed by atoms with van der Waals surface area (Å²) in [5, 5.41) is 16.9. The fraction of sp³-hybridized carbons (Fsp3) is 0.298. The van der Waals surface area contributed by atoms with Crippen molar-refractivity contribution in [1.82, 2.24) is 24.6 Å². The van der Waals surface area contributed by atoms with Gasteiger partial charge in [0.2, 0.25) is 0 Å². The van der Waals surface area contributed by atoms with E-state index in [1.54, 1.807) is 36.7 Å². The van der Waals surface area contributed by atoms with Gasteiger partial charge in [-0.1, -0.05) is 49.2 Å². The summed E-state index contributed by atoms with van der Waals surface area (Å²) in [4.78, 5) is 41.6. The summed E-state index contributed by atoms with van der Waals surface area (Å²) in [6, 6.07) is 24.0. The number of pyridine rings is 2. The number of hydrogen-bond acceptors (Lipinski definition) is 12. The van der Waals surface area contributed by atoms with E-state index in [0.29, 0.717) is 30.9 Å². The second-order valence-corrected chi connectivity index (χ2v) is 19.4. The van der Waals surface area contributed by atoms with Gasteiger partial charge in [0.25, 0.3) is 21.6 Å². The van der Waals surface area contributed by atoms with Crippen LogP contribution in [0.4, 0.5) is 17.1 Å². The molecule has 0 radical (unpaired) electrons. The molecule has 1 amide bonds. The number of rotatable bonds is 12. The smallest absolute Gasteiger partial charge is 0.297 e. The summed E-state index contributed by atoms with van der Waals surface area (Å²) < 4.78 is 42.1. The Balaban J connectivity index is 0.947. The molecule has 330 valence electrons. The number of piperazine rings is 1. The molecule has 0 saturated carbocycles. The normalized spacial score (nSPS) is 17.6. The van der Waals surface area contributed by atoms with E-state index in [-0.39, 0.29) is 40.8 Å². The zero-order valence-corrected chi connectivity index (χ0v) is 36.9. The Kier molecular flexibility index (Phi) is 11.8. The predicted octanol–water partition coefficient (Wildman–Crippen LogP) is 8.63. The van der Waals surface area contributed by atoms with E-state index in [1.807, 2.05) is 30.3 Å². The van der Waals surface area contributed by atoms with Gasteiger partial charge in [-0.25, -0.2) is 18.1 Å². The Bertz CT molecular complexity index is 2880. The second-order valence-electron chi connectivity index (χ2n) is 17.2. The number of carbonyl (C=O) groups is 1. The van der Waals surface area contributed by atoms with Crippen molar-refractivity contribution in [2.75, 3.05) is 49.5 Å². The molecule has 0 spiro atoms. The van der Waals surface area contributed by atoms with Crippen LogP contribution in [0.3, 0.4) is 0 Å². The van der Waals surface area contributed by atoms with Crippen LogP contribution in [0.1, 0.15) is 54.7 Å². The van der Waals surface area contributed by atoms with Crippen LogP contribution in [0.25, 0.3) is 16.6 Å². The lowest BCUT2D eigenvalue weighted by molar-refractivity contribution is -0.384. The molecule has 0 bridgehead atoms. The van der Waals surface area contributed by atoms with E-state index in [1.165, 1.54) is 35.0 Å². The summed E-state index contributed by atoms with van der Waals surface area (Å²) in [7, 11) is -4.67. The lowest BCUT2D eigenvalue weighted by atomic mass is 9.73. The van der Waals surface area contributed by atoms with Gasteiger partial charge in [0.05, 0.1) is 27.6 Å². The molecule has 1 fully saturated rings. The number of nitrogens with zero attached hydrogens (tertiary/aromatic N) is 5. The van der Waals surface area contributed by atoms with Crippen molar-refractivity contribution in [3.63, 3.8) is 0 Å². The van der Waals surface area contributed by atoms with Gasteiger partial charge in [-0.05, 0) is 84.3 Å². The van der Waals surface area contributed by atoms with E-state index >= 15 is 0 Å². The molecular formula is C47H47ClN8O7S. The summed E-state index contributed by atoms with van der Waals surface area (Å²) in [6.45, 7) is 8.67. The van der Waals surface area contributed by atoms with Gasteiger partial charge in [0.15, 0.2) is 11.4 Å². The molecular weight excluding hydrogens is 856 g/mol. The van der Waals surface area contributed by atoms with Crippen molar-refractivity contribution in [3.8, 4) is 17.2 Å². The van der Waals surface area contributed by atoms with E-state index in [0.717, 1.165) is 66.8 Å². The third-order valence-corrected chi connectivity index (χ3v) is 13.6. The maximum atomic E-state index is 14.0. The highest BCUT2D eigenvalue weighted by molar-refractivity contribution is 7.90. The number of halogens is 1. The van der Waals surface area contributed by atoms with Gasteiger partial charge in [0.1, 0.15) is 23.8 Å². The Morgan fingerprint density at radius 2 is 1.84 bits per heavy atom. The van der Waals surface area contributed by atoms with Gasteiger partial charge >= 0.3 is 0 Å². The number of carbonyl (C=O) groups excluding carboxylic acids is 1. The molecule has 3 aromatic carbocycles. The first kappa shape index (κ1) is 42.8. The number of amides is 1. The number of sulfonamides is 1. The monoisotopic (exact) mass is 902 g/mol. The first-order valence-corrected chi connectivity index (χ1v) is 23.0. The van der Waals surface area contributed by atoms with Crippen molar-refractivity contribution < 1.29 is 27.6 Å². The van der Waals surface area contributed by atoms with Crippen LogP contribution in [0.2, 0.25) is 5.02 Å². The van der Waals surface area contributed by atoms with Crippen molar-refractivity contribution in [1.29, 1.82) is 0 Å². The first-order valence-electron chi connectivity index (χ1n) is 21.1. The molecule has 9 rings (SSSR count). The molecule has 1 unspecified atom stereocenters. The fourth-order valence-corrected chi connectivity index (χ4v) is 9.89. The number of anilines is 2. The Hall–Kier alpha value is -6.49. The molecule has 1 saturated heterocycles. The van der Waals surface area contributed by atoms with Crippen LogP contribution in [-0.2, 0) is 16.4 Å². The summed E-state index contributed by atoms with van der Waals surface area (Å²) >= 11 is 6.23. The highest BCUT2D eigenvalue weighted by Crippen LogP contribution is 2.44. The van der Waals surface area contributed by atoms with Gasteiger partial charge in [-0.2, -0.15) is 0 Å². The highest BCUT2D eigenvalue weighted by atomic mass is 35.5. The van der Waals surface area contributed by atoms with Crippen molar-refractivity contribution >= 4 is 61.2 Å². The molecule has 3 aromatic heterocycles. The van der Waals surface area contributed by atoms with Gasteiger partial charge in [-0.15, -0.1) is 0 Å². The minimum absolute atomic E-state index is 0.0262.